The summed E-state index contributed by atoms with van der Waals surface area (Å²) < 4.78 is 7.14. The first-order valence-corrected chi connectivity index (χ1v) is 9.26. The van der Waals surface area contributed by atoms with Gasteiger partial charge in [-0.05, 0) is 22.8 Å². The van der Waals surface area contributed by atoms with Crippen molar-refractivity contribution in [2.45, 2.75) is 12.5 Å². The fraction of sp³-hybridized carbons (Fsp3) is 0.0800. The van der Waals surface area contributed by atoms with Gasteiger partial charge >= 0.3 is 6.09 Å². The van der Waals surface area contributed by atoms with Crippen molar-refractivity contribution in [1.82, 2.24) is 4.57 Å². The molecule has 0 saturated carbocycles. The van der Waals surface area contributed by atoms with Crippen molar-refractivity contribution in [2.24, 2.45) is 0 Å². The van der Waals surface area contributed by atoms with Gasteiger partial charge < -0.3 is 4.74 Å². The Morgan fingerprint density at radius 1 is 0.929 bits per heavy atom. The summed E-state index contributed by atoms with van der Waals surface area (Å²) in [7, 11) is 0. The van der Waals surface area contributed by atoms with Crippen LogP contribution in [0.5, 0.6) is 0 Å². The van der Waals surface area contributed by atoms with Gasteiger partial charge in [-0.3, -0.25) is 4.57 Å². The lowest BCUT2D eigenvalue weighted by Gasteiger charge is -2.12. The molecule has 0 spiro atoms. The van der Waals surface area contributed by atoms with Crippen molar-refractivity contribution >= 4 is 17.0 Å². The van der Waals surface area contributed by atoms with Crippen LogP contribution in [0.25, 0.3) is 10.9 Å². The third-order valence-electron chi connectivity index (χ3n) is 4.87. The van der Waals surface area contributed by atoms with Crippen LogP contribution in [0.1, 0.15) is 22.6 Å². The lowest BCUT2D eigenvalue weighted by Crippen LogP contribution is -2.12. The van der Waals surface area contributed by atoms with Crippen LogP contribution in [0.2, 0.25) is 0 Å². The van der Waals surface area contributed by atoms with Gasteiger partial charge in [-0.1, -0.05) is 84.9 Å². The van der Waals surface area contributed by atoms with Gasteiger partial charge in [0.05, 0.1) is 5.52 Å². The Hall–Kier alpha value is -3.59. The number of benzene rings is 3. The number of para-hydroxylation sites is 1. The highest BCUT2D eigenvalue weighted by Gasteiger charge is 2.20. The van der Waals surface area contributed by atoms with Crippen molar-refractivity contribution in [3.63, 3.8) is 0 Å². The van der Waals surface area contributed by atoms with E-state index in [0.717, 1.165) is 27.6 Å². The monoisotopic (exact) mass is 367 g/mol. The molecule has 3 nitrogen and oxygen atoms in total. The molecule has 4 aromatic rings. The number of aromatic nitrogens is 1. The first-order chi connectivity index (χ1) is 13.8. The first kappa shape index (κ1) is 17.8. The van der Waals surface area contributed by atoms with E-state index in [4.69, 9.17) is 4.74 Å². The minimum atomic E-state index is -0.387. The Balaban J connectivity index is 1.70. The summed E-state index contributed by atoms with van der Waals surface area (Å²) in [6.45, 7) is 4.27. The topological polar surface area (TPSA) is 31.2 Å². The molecule has 0 amide bonds. The summed E-state index contributed by atoms with van der Waals surface area (Å²) in [5.41, 5.74) is 3.96. The van der Waals surface area contributed by atoms with Crippen molar-refractivity contribution in [3.05, 3.63) is 120 Å². The molecule has 1 atom stereocenters. The fourth-order valence-corrected chi connectivity index (χ4v) is 3.50. The van der Waals surface area contributed by atoms with Gasteiger partial charge in [-0.25, -0.2) is 4.79 Å². The predicted octanol–water partition coefficient (Wildman–Crippen LogP) is 6.14. The second-order valence-electron chi connectivity index (χ2n) is 6.64. The molecule has 1 aromatic heterocycles. The molecule has 3 aromatic carbocycles. The number of hydrogen-bond acceptors (Lipinski definition) is 2. The first-order valence-electron chi connectivity index (χ1n) is 9.26. The molecule has 0 N–H and O–H groups in total. The van der Waals surface area contributed by atoms with Crippen molar-refractivity contribution in [1.29, 1.82) is 0 Å². The molecular weight excluding hydrogens is 346 g/mol. The van der Waals surface area contributed by atoms with E-state index in [1.54, 1.807) is 4.57 Å². The van der Waals surface area contributed by atoms with E-state index in [-0.39, 0.29) is 18.6 Å². The zero-order valence-corrected chi connectivity index (χ0v) is 15.5. The van der Waals surface area contributed by atoms with Crippen LogP contribution in [-0.2, 0) is 11.3 Å². The van der Waals surface area contributed by atoms with E-state index in [9.17, 15) is 4.79 Å². The Kier molecular flexibility index (Phi) is 5.07. The summed E-state index contributed by atoms with van der Waals surface area (Å²) in [5, 5.41) is 1.02. The molecule has 0 aliphatic rings. The van der Waals surface area contributed by atoms with Crippen molar-refractivity contribution in [3.8, 4) is 0 Å². The molecule has 1 heterocycles. The summed E-state index contributed by atoms with van der Waals surface area (Å²) in [6, 6.07) is 27.7. The highest BCUT2D eigenvalue weighted by molar-refractivity contribution is 5.92. The SMILES string of the molecule is C=CC(c1ccccc1)c1cn(C(=O)OCc2ccccc2)c2ccccc12. The molecule has 0 bridgehead atoms. The van der Waals surface area contributed by atoms with Gasteiger partial charge in [0.1, 0.15) is 6.61 Å². The average molecular weight is 367 g/mol. The van der Waals surface area contributed by atoms with Gasteiger partial charge in [-0.15, -0.1) is 6.58 Å². The van der Waals surface area contributed by atoms with Crippen LogP contribution in [0.15, 0.2) is 104 Å². The van der Waals surface area contributed by atoms with E-state index in [0.29, 0.717) is 0 Å². The second-order valence-corrected chi connectivity index (χ2v) is 6.64. The Labute approximate surface area is 164 Å². The van der Waals surface area contributed by atoms with Crippen LogP contribution in [0.3, 0.4) is 0 Å². The molecule has 0 fully saturated rings. The minimum absolute atomic E-state index is 0.00530. The number of ether oxygens (including phenoxy) is 1. The zero-order valence-electron chi connectivity index (χ0n) is 15.5. The van der Waals surface area contributed by atoms with Crippen LogP contribution < -0.4 is 0 Å². The maximum Gasteiger partial charge on any atom is 0.418 e. The van der Waals surface area contributed by atoms with E-state index in [2.05, 4.69) is 18.7 Å². The molecule has 138 valence electrons. The van der Waals surface area contributed by atoms with Gasteiger partial charge in [0, 0.05) is 17.5 Å². The van der Waals surface area contributed by atoms with Gasteiger partial charge in [0.15, 0.2) is 0 Å². The predicted molar refractivity (Wildman–Crippen MR) is 112 cm³/mol. The molecule has 0 aliphatic heterocycles. The molecule has 4 rings (SSSR count). The maximum absolute atomic E-state index is 12.8. The maximum atomic E-state index is 12.8. The van der Waals surface area contributed by atoms with E-state index < -0.39 is 0 Å². The van der Waals surface area contributed by atoms with Gasteiger partial charge in [0.25, 0.3) is 0 Å². The molecule has 1 unspecified atom stereocenters. The summed E-state index contributed by atoms with van der Waals surface area (Å²) >= 11 is 0. The van der Waals surface area contributed by atoms with Crippen LogP contribution in [-0.4, -0.2) is 10.7 Å². The molecule has 28 heavy (non-hydrogen) atoms. The van der Waals surface area contributed by atoms with Gasteiger partial charge in [-0.2, -0.15) is 0 Å². The largest absolute Gasteiger partial charge is 0.444 e. The van der Waals surface area contributed by atoms with Crippen molar-refractivity contribution in [2.75, 3.05) is 0 Å². The Morgan fingerprint density at radius 3 is 2.29 bits per heavy atom. The zero-order chi connectivity index (χ0) is 19.3. The number of fused-ring (bicyclic) bond motifs is 1. The standard InChI is InChI=1S/C25H21NO2/c1-2-21(20-13-7-4-8-14-20)23-17-26(24-16-10-9-15-22(23)24)25(27)28-18-19-11-5-3-6-12-19/h2-17,21H,1,18H2. The Morgan fingerprint density at radius 2 is 1.57 bits per heavy atom. The lowest BCUT2D eigenvalue weighted by molar-refractivity contribution is 0.142. The highest BCUT2D eigenvalue weighted by atomic mass is 16.5. The van der Waals surface area contributed by atoms with Gasteiger partial charge in [0.2, 0.25) is 0 Å². The van der Waals surface area contributed by atoms with Crippen LogP contribution in [0.4, 0.5) is 4.79 Å². The second kappa shape index (κ2) is 7.97. The number of carbonyl (C=O) groups is 1. The summed E-state index contributed by atoms with van der Waals surface area (Å²) in [5.74, 6) is -0.00530. The number of allylic oxidation sites excluding steroid dienone is 1. The lowest BCUT2D eigenvalue weighted by atomic mass is 9.91. The molecule has 0 radical (unpaired) electrons. The fourth-order valence-electron chi connectivity index (χ4n) is 3.50. The molecular formula is C25H21NO2. The average Bonchev–Trinajstić information content (AvgIpc) is 3.14. The number of carbonyl (C=O) groups excluding carboxylic acids is 1. The Bertz CT molecular complexity index is 1100. The van der Waals surface area contributed by atoms with E-state index in [1.807, 2.05) is 85.1 Å². The third-order valence-corrected chi connectivity index (χ3v) is 4.87. The third kappa shape index (κ3) is 3.47. The number of hydrogen-bond donors (Lipinski definition) is 0. The summed E-state index contributed by atoms with van der Waals surface area (Å²) in [6.07, 6.45) is 3.40. The van der Waals surface area contributed by atoms with Crippen molar-refractivity contribution < 1.29 is 9.53 Å². The number of nitrogens with zero attached hydrogens (tertiary/aromatic N) is 1. The number of rotatable bonds is 5. The van der Waals surface area contributed by atoms with E-state index >= 15 is 0 Å². The minimum Gasteiger partial charge on any atom is -0.444 e. The summed E-state index contributed by atoms with van der Waals surface area (Å²) in [4.78, 5) is 12.8. The highest BCUT2D eigenvalue weighted by Crippen LogP contribution is 2.33. The van der Waals surface area contributed by atoms with E-state index in [1.165, 1.54) is 0 Å². The van der Waals surface area contributed by atoms with Crippen LogP contribution >= 0.6 is 0 Å². The normalized spacial score (nSPS) is 11.9. The smallest absolute Gasteiger partial charge is 0.418 e. The van der Waals surface area contributed by atoms with Crippen LogP contribution in [0, 0.1) is 0 Å². The molecule has 0 aliphatic carbocycles. The molecule has 3 heteroatoms. The molecule has 0 saturated heterocycles. The quantitative estimate of drug-likeness (QED) is 0.397.